The molecule has 0 saturated heterocycles. The Kier molecular flexibility index (Phi) is 4.87. The standard InChI is InChI=1S/C20H12ClN3O4S/c21-14-8-5-11(9-16(14)24(27)28)19(26)22-12-6-7-13(17(25)10-12)20-23-15-3-1-2-4-18(15)29-20/h1-10,25H,(H,22,26). The fourth-order valence-electron chi connectivity index (χ4n) is 2.77. The van der Waals surface area contributed by atoms with Crippen LogP contribution in [0.2, 0.25) is 5.02 Å². The zero-order valence-corrected chi connectivity index (χ0v) is 16.2. The molecule has 9 heteroatoms. The molecule has 29 heavy (non-hydrogen) atoms. The first-order valence-electron chi connectivity index (χ1n) is 8.36. The second-order valence-corrected chi connectivity index (χ2v) is 7.53. The summed E-state index contributed by atoms with van der Waals surface area (Å²) in [5, 5.41) is 24.6. The Balaban J connectivity index is 1.59. The average molecular weight is 426 g/mol. The number of anilines is 1. The van der Waals surface area contributed by atoms with E-state index in [1.165, 1.54) is 29.5 Å². The van der Waals surface area contributed by atoms with Crippen LogP contribution in [0, 0.1) is 10.1 Å². The normalized spacial score (nSPS) is 10.8. The maximum Gasteiger partial charge on any atom is 0.288 e. The van der Waals surface area contributed by atoms with Crippen LogP contribution in [-0.2, 0) is 0 Å². The van der Waals surface area contributed by atoms with E-state index in [9.17, 15) is 20.0 Å². The molecule has 0 aliphatic rings. The summed E-state index contributed by atoms with van der Waals surface area (Å²) in [7, 11) is 0. The molecule has 7 nitrogen and oxygen atoms in total. The molecule has 0 bridgehead atoms. The Morgan fingerprint density at radius 3 is 2.66 bits per heavy atom. The van der Waals surface area contributed by atoms with Gasteiger partial charge in [0.15, 0.2) is 0 Å². The van der Waals surface area contributed by atoms with Gasteiger partial charge < -0.3 is 10.4 Å². The van der Waals surface area contributed by atoms with Crippen molar-refractivity contribution in [1.82, 2.24) is 4.98 Å². The van der Waals surface area contributed by atoms with E-state index >= 15 is 0 Å². The van der Waals surface area contributed by atoms with Crippen LogP contribution in [0.15, 0.2) is 60.7 Å². The summed E-state index contributed by atoms with van der Waals surface area (Å²) in [4.78, 5) is 27.3. The van der Waals surface area contributed by atoms with Crippen molar-refractivity contribution in [3.8, 4) is 16.3 Å². The molecular formula is C20H12ClN3O4S. The van der Waals surface area contributed by atoms with E-state index in [0.717, 1.165) is 16.3 Å². The van der Waals surface area contributed by atoms with Crippen molar-refractivity contribution in [3.63, 3.8) is 0 Å². The minimum atomic E-state index is -0.655. The molecule has 0 radical (unpaired) electrons. The van der Waals surface area contributed by atoms with E-state index in [1.54, 1.807) is 12.1 Å². The number of fused-ring (bicyclic) bond motifs is 1. The molecule has 0 spiro atoms. The molecular weight excluding hydrogens is 414 g/mol. The average Bonchev–Trinajstić information content (AvgIpc) is 3.12. The Bertz CT molecular complexity index is 1240. The number of aromatic nitrogens is 1. The molecule has 4 aromatic rings. The van der Waals surface area contributed by atoms with E-state index in [0.29, 0.717) is 16.3 Å². The number of phenols is 1. The number of carbonyl (C=O) groups excluding carboxylic acids is 1. The Hall–Kier alpha value is -3.49. The second-order valence-electron chi connectivity index (χ2n) is 6.10. The summed E-state index contributed by atoms with van der Waals surface area (Å²) < 4.78 is 1.00. The lowest BCUT2D eigenvalue weighted by Gasteiger charge is -2.08. The summed E-state index contributed by atoms with van der Waals surface area (Å²) in [6, 6.07) is 16.1. The van der Waals surface area contributed by atoms with Gasteiger partial charge in [0.2, 0.25) is 0 Å². The van der Waals surface area contributed by atoms with Crippen molar-refractivity contribution in [2.45, 2.75) is 0 Å². The molecule has 2 N–H and O–H groups in total. The molecule has 144 valence electrons. The molecule has 1 amide bonds. The van der Waals surface area contributed by atoms with Gasteiger partial charge in [-0.25, -0.2) is 4.98 Å². The highest BCUT2D eigenvalue weighted by molar-refractivity contribution is 7.21. The molecule has 0 atom stereocenters. The number of nitrogens with zero attached hydrogens (tertiary/aromatic N) is 2. The second kappa shape index (κ2) is 7.50. The number of aromatic hydroxyl groups is 1. The Morgan fingerprint density at radius 1 is 1.14 bits per heavy atom. The predicted molar refractivity (Wildman–Crippen MR) is 113 cm³/mol. The maximum absolute atomic E-state index is 12.4. The first-order valence-corrected chi connectivity index (χ1v) is 9.56. The zero-order chi connectivity index (χ0) is 20.5. The van der Waals surface area contributed by atoms with Gasteiger partial charge in [0, 0.05) is 23.4 Å². The number of nitro benzene ring substituents is 1. The van der Waals surface area contributed by atoms with Gasteiger partial charge in [-0.3, -0.25) is 14.9 Å². The summed E-state index contributed by atoms with van der Waals surface area (Å²) in [6.45, 7) is 0. The van der Waals surface area contributed by atoms with Gasteiger partial charge in [-0.05, 0) is 36.4 Å². The minimum absolute atomic E-state index is 0.0380. The van der Waals surface area contributed by atoms with Crippen LogP contribution in [0.5, 0.6) is 5.75 Å². The van der Waals surface area contributed by atoms with Crippen molar-refractivity contribution in [2.24, 2.45) is 0 Å². The molecule has 1 heterocycles. The monoisotopic (exact) mass is 425 g/mol. The van der Waals surface area contributed by atoms with E-state index in [1.807, 2.05) is 24.3 Å². The number of rotatable bonds is 4. The number of halogens is 1. The number of para-hydroxylation sites is 1. The fraction of sp³-hybridized carbons (Fsp3) is 0. The van der Waals surface area contributed by atoms with Crippen molar-refractivity contribution >= 4 is 50.4 Å². The maximum atomic E-state index is 12.4. The number of carbonyl (C=O) groups is 1. The van der Waals surface area contributed by atoms with Crippen LogP contribution in [-0.4, -0.2) is 20.9 Å². The molecule has 0 fully saturated rings. The summed E-state index contributed by atoms with van der Waals surface area (Å²) in [6.07, 6.45) is 0. The summed E-state index contributed by atoms with van der Waals surface area (Å²) in [5.74, 6) is -0.596. The molecule has 0 aliphatic heterocycles. The number of phenolic OH excluding ortho intramolecular Hbond substituents is 1. The van der Waals surface area contributed by atoms with Crippen molar-refractivity contribution in [1.29, 1.82) is 0 Å². The van der Waals surface area contributed by atoms with Crippen molar-refractivity contribution in [2.75, 3.05) is 5.32 Å². The predicted octanol–water partition coefficient (Wildman–Crippen LogP) is 5.48. The first kappa shape index (κ1) is 18.9. The fourth-order valence-corrected chi connectivity index (χ4v) is 3.96. The van der Waals surface area contributed by atoms with Gasteiger partial charge in [0.05, 0.1) is 20.7 Å². The van der Waals surface area contributed by atoms with Gasteiger partial charge in [-0.1, -0.05) is 23.7 Å². The number of hydrogen-bond donors (Lipinski definition) is 2. The lowest BCUT2D eigenvalue weighted by molar-refractivity contribution is -0.384. The van der Waals surface area contributed by atoms with Gasteiger partial charge >= 0.3 is 0 Å². The molecule has 0 unspecified atom stereocenters. The Labute approximate surface area is 173 Å². The number of amides is 1. The number of nitro groups is 1. The quantitative estimate of drug-likeness (QED) is 0.332. The Morgan fingerprint density at radius 2 is 1.93 bits per heavy atom. The van der Waals surface area contributed by atoms with Crippen LogP contribution >= 0.6 is 22.9 Å². The molecule has 0 aliphatic carbocycles. The third kappa shape index (κ3) is 3.75. The number of thiazole rings is 1. The molecule has 4 rings (SSSR count). The molecule has 1 aromatic heterocycles. The van der Waals surface area contributed by atoms with Crippen molar-refractivity contribution < 1.29 is 14.8 Å². The van der Waals surface area contributed by atoms with Crippen LogP contribution in [0.1, 0.15) is 10.4 Å². The minimum Gasteiger partial charge on any atom is -0.507 e. The summed E-state index contributed by atoms with van der Waals surface area (Å²) in [5.41, 5.74) is 1.46. The van der Waals surface area contributed by atoms with Gasteiger partial charge in [0.1, 0.15) is 15.8 Å². The number of hydrogen-bond acceptors (Lipinski definition) is 6. The van der Waals surface area contributed by atoms with Crippen LogP contribution in [0.4, 0.5) is 11.4 Å². The SMILES string of the molecule is O=C(Nc1ccc(-c2nc3ccccc3s2)c(O)c1)c1ccc(Cl)c([N+](=O)[O-])c1. The molecule has 0 saturated carbocycles. The third-order valence-corrected chi connectivity index (χ3v) is 5.57. The van der Waals surface area contributed by atoms with Gasteiger partial charge in [0.25, 0.3) is 11.6 Å². The smallest absolute Gasteiger partial charge is 0.288 e. The van der Waals surface area contributed by atoms with E-state index < -0.39 is 10.8 Å². The number of nitrogens with one attached hydrogen (secondary N) is 1. The van der Waals surface area contributed by atoms with Crippen molar-refractivity contribution in [3.05, 3.63) is 81.4 Å². The lowest BCUT2D eigenvalue weighted by atomic mass is 10.1. The zero-order valence-electron chi connectivity index (χ0n) is 14.6. The highest BCUT2D eigenvalue weighted by Gasteiger charge is 2.17. The van der Waals surface area contributed by atoms with Crippen LogP contribution in [0.25, 0.3) is 20.8 Å². The highest BCUT2D eigenvalue weighted by atomic mass is 35.5. The van der Waals surface area contributed by atoms with Gasteiger partial charge in [-0.2, -0.15) is 0 Å². The van der Waals surface area contributed by atoms with E-state index in [2.05, 4.69) is 10.3 Å². The summed E-state index contributed by atoms with van der Waals surface area (Å²) >= 11 is 7.22. The largest absolute Gasteiger partial charge is 0.507 e. The lowest BCUT2D eigenvalue weighted by Crippen LogP contribution is -2.12. The van der Waals surface area contributed by atoms with Crippen LogP contribution in [0.3, 0.4) is 0 Å². The van der Waals surface area contributed by atoms with Gasteiger partial charge in [-0.15, -0.1) is 11.3 Å². The topological polar surface area (TPSA) is 105 Å². The van der Waals surface area contributed by atoms with E-state index in [-0.39, 0.29) is 22.0 Å². The number of benzene rings is 3. The van der Waals surface area contributed by atoms with E-state index in [4.69, 9.17) is 11.6 Å². The first-order chi connectivity index (χ1) is 13.9. The third-order valence-electron chi connectivity index (χ3n) is 4.18. The molecule has 3 aromatic carbocycles. The van der Waals surface area contributed by atoms with Crippen LogP contribution < -0.4 is 5.32 Å². The highest BCUT2D eigenvalue weighted by Crippen LogP contribution is 2.36.